The Labute approximate surface area is 159 Å². The Kier molecular flexibility index (Phi) is 8.16. The summed E-state index contributed by atoms with van der Waals surface area (Å²) in [6, 6.07) is 2.76. The largest absolute Gasteiger partial charge is 0.504 e. The van der Waals surface area contributed by atoms with Gasteiger partial charge < -0.3 is 31.9 Å². The van der Waals surface area contributed by atoms with Crippen LogP contribution in [0.5, 0.6) is 11.5 Å². The molecular weight excluding hydrogens is 376 g/mol. The van der Waals surface area contributed by atoms with E-state index in [1.165, 1.54) is 12.1 Å². The zero-order valence-corrected chi connectivity index (χ0v) is 14.9. The van der Waals surface area contributed by atoms with Crippen LogP contribution in [0.4, 0.5) is 0 Å². The molecule has 28 heavy (non-hydrogen) atoms. The molecule has 0 spiro atoms. The van der Waals surface area contributed by atoms with Crippen molar-refractivity contribution in [1.29, 1.82) is 0 Å². The number of aromatic hydroxyl groups is 2. The van der Waals surface area contributed by atoms with Crippen molar-refractivity contribution in [3.05, 3.63) is 23.3 Å². The number of carboxylic acids is 2. The van der Waals surface area contributed by atoms with E-state index >= 15 is 0 Å². The molecule has 0 heterocycles. The molecule has 0 atom stereocenters. The minimum absolute atomic E-state index is 0.128. The monoisotopic (exact) mass is 398 g/mol. The van der Waals surface area contributed by atoms with Gasteiger partial charge in [-0.15, -0.1) is 0 Å². The van der Waals surface area contributed by atoms with E-state index in [1.807, 2.05) is 0 Å². The summed E-state index contributed by atoms with van der Waals surface area (Å²) < 4.78 is 0. The molecule has 0 aliphatic rings. The number of carbonyl (C=O) groups excluding carboxylic acids is 2. The van der Waals surface area contributed by atoms with Crippen molar-refractivity contribution in [3.8, 4) is 11.5 Å². The molecule has 0 bridgehead atoms. The van der Waals surface area contributed by atoms with E-state index < -0.39 is 48.3 Å². The van der Waals surface area contributed by atoms with Gasteiger partial charge in [-0.3, -0.25) is 29.0 Å². The third-order valence-corrected chi connectivity index (χ3v) is 3.58. The standard InChI is InChI=1S/C16H22N4O8/c17-11(21)5-19(7-13(23)24)3-9-1-2-10(16(28)15(9)27)4-20(6-12(18)22)8-14(25)26/h1-2,27-28H,3-8H2,(H2,17,21)(H2,18,22)(H,23,24)(H,25,26). The number of hydrogen-bond acceptors (Lipinski definition) is 8. The number of rotatable bonds is 12. The van der Waals surface area contributed by atoms with Crippen LogP contribution >= 0.6 is 0 Å². The molecular formula is C16H22N4O8. The van der Waals surface area contributed by atoms with Gasteiger partial charge in [-0.05, 0) is 0 Å². The number of benzene rings is 1. The van der Waals surface area contributed by atoms with Crippen LogP contribution in [0, 0.1) is 0 Å². The van der Waals surface area contributed by atoms with Gasteiger partial charge in [0.05, 0.1) is 26.2 Å². The van der Waals surface area contributed by atoms with Crippen LogP contribution in [-0.4, -0.2) is 80.2 Å². The van der Waals surface area contributed by atoms with E-state index in [0.29, 0.717) is 0 Å². The fourth-order valence-electron chi connectivity index (χ4n) is 2.56. The van der Waals surface area contributed by atoms with E-state index in [1.54, 1.807) is 0 Å². The predicted octanol–water partition coefficient (Wildman–Crippen LogP) is -2.16. The number of carbonyl (C=O) groups is 4. The van der Waals surface area contributed by atoms with Gasteiger partial charge in [0.2, 0.25) is 11.8 Å². The Morgan fingerprint density at radius 2 is 1.04 bits per heavy atom. The summed E-state index contributed by atoms with van der Waals surface area (Å²) in [7, 11) is 0. The van der Waals surface area contributed by atoms with Crippen molar-refractivity contribution in [1.82, 2.24) is 9.80 Å². The Bertz CT molecular complexity index is 672. The Morgan fingerprint density at radius 3 is 1.29 bits per heavy atom. The summed E-state index contributed by atoms with van der Waals surface area (Å²) in [4.78, 5) is 46.2. The number of phenolic OH excluding ortho intramolecular Hbond substituents is 2. The second kappa shape index (κ2) is 10.1. The first-order chi connectivity index (χ1) is 13.0. The van der Waals surface area contributed by atoms with Gasteiger partial charge in [0.25, 0.3) is 0 Å². The van der Waals surface area contributed by atoms with Crippen LogP contribution < -0.4 is 11.5 Å². The molecule has 12 nitrogen and oxygen atoms in total. The molecule has 1 aromatic carbocycles. The van der Waals surface area contributed by atoms with Crippen molar-refractivity contribution in [3.63, 3.8) is 0 Å². The normalized spacial score (nSPS) is 10.9. The summed E-state index contributed by atoms with van der Waals surface area (Å²) in [5, 5.41) is 38.2. The van der Waals surface area contributed by atoms with Crippen LogP contribution in [0.3, 0.4) is 0 Å². The zero-order valence-electron chi connectivity index (χ0n) is 14.9. The van der Waals surface area contributed by atoms with Crippen LogP contribution in [0.15, 0.2) is 12.1 Å². The van der Waals surface area contributed by atoms with Gasteiger partial charge in [-0.25, -0.2) is 0 Å². The van der Waals surface area contributed by atoms with Crippen molar-refractivity contribution in [2.75, 3.05) is 26.2 Å². The highest BCUT2D eigenvalue weighted by Crippen LogP contribution is 2.34. The van der Waals surface area contributed by atoms with Crippen LogP contribution in [0.1, 0.15) is 11.1 Å². The highest BCUT2D eigenvalue weighted by atomic mass is 16.4. The average molecular weight is 398 g/mol. The molecule has 8 N–H and O–H groups in total. The maximum atomic E-state index is 11.1. The zero-order chi connectivity index (χ0) is 21.4. The topological polar surface area (TPSA) is 208 Å². The second-order valence-electron chi connectivity index (χ2n) is 6.09. The maximum Gasteiger partial charge on any atom is 0.317 e. The lowest BCUT2D eigenvalue weighted by Crippen LogP contribution is -2.37. The second-order valence-corrected chi connectivity index (χ2v) is 6.09. The van der Waals surface area contributed by atoms with Crippen LogP contribution in [0.25, 0.3) is 0 Å². The fraction of sp³-hybridized carbons (Fsp3) is 0.375. The fourth-order valence-corrected chi connectivity index (χ4v) is 2.56. The number of carboxylic acid groups (broad SMARTS) is 2. The highest BCUT2D eigenvalue weighted by Gasteiger charge is 2.20. The Morgan fingerprint density at radius 1 is 0.714 bits per heavy atom. The number of nitrogens with two attached hydrogens (primary N) is 2. The summed E-state index contributed by atoms with van der Waals surface area (Å²) in [6.45, 7) is -2.16. The number of aliphatic carboxylic acids is 2. The first-order valence-electron chi connectivity index (χ1n) is 7.97. The molecule has 154 valence electrons. The van der Waals surface area contributed by atoms with E-state index in [-0.39, 0.29) is 37.3 Å². The third-order valence-electron chi connectivity index (χ3n) is 3.58. The van der Waals surface area contributed by atoms with E-state index in [9.17, 15) is 29.4 Å². The van der Waals surface area contributed by atoms with Crippen molar-refractivity contribution >= 4 is 23.8 Å². The molecule has 0 radical (unpaired) electrons. The Balaban J connectivity index is 3.04. The first-order valence-corrected chi connectivity index (χ1v) is 7.97. The van der Waals surface area contributed by atoms with E-state index in [4.69, 9.17) is 21.7 Å². The van der Waals surface area contributed by atoms with Gasteiger partial charge in [0.15, 0.2) is 11.5 Å². The van der Waals surface area contributed by atoms with Gasteiger partial charge >= 0.3 is 11.9 Å². The van der Waals surface area contributed by atoms with E-state index in [2.05, 4.69) is 0 Å². The predicted molar refractivity (Wildman–Crippen MR) is 94.0 cm³/mol. The number of amides is 2. The maximum absolute atomic E-state index is 11.1. The molecule has 0 saturated carbocycles. The minimum atomic E-state index is -1.21. The quantitative estimate of drug-likeness (QED) is 0.210. The number of phenols is 2. The third kappa shape index (κ3) is 7.47. The molecule has 2 amide bonds. The van der Waals surface area contributed by atoms with Crippen molar-refractivity contribution in [2.24, 2.45) is 11.5 Å². The summed E-state index contributed by atoms with van der Waals surface area (Å²) >= 11 is 0. The van der Waals surface area contributed by atoms with Crippen LogP contribution in [0.2, 0.25) is 0 Å². The molecule has 0 fully saturated rings. The molecule has 1 rings (SSSR count). The molecule has 0 saturated heterocycles. The summed E-state index contributed by atoms with van der Waals surface area (Å²) in [5.74, 6) is -5.08. The van der Waals surface area contributed by atoms with Crippen molar-refractivity contribution < 1.29 is 39.6 Å². The summed E-state index contributed by atoms with van der Waals surface area (Å²) in [6.07, 6.45) is 0. The van der Waals surface area contributed by atoms with Gasteiger partial charge in [0, 0.05) is 24.2 Å². The molecule has 12 heteroatoms. The van der Waals surface area contributed by atoms with Crippen molar-refractivity contribution in [2.45, 2.75) is 13.1 Å². The van der Waals surface area contributed by atoms with Gasteiger partial charge in [-0.1, -0.05) is 12.1 Å². The lowest BCUT2D eigenvalue weighted by Gasteiger charge is -2.22. The highest BCUT2D eigenvalue weighted by molar-refractivity contribution is 5.77. The minimum Gasteiger partial charge on any atom is -0.504 e. The average Bonchev–Trinajstić information content (AvgIpc) is 2.52. The lowest BCUT2D eigenvalue weighted by atomic mass is 10.1. The molecule has 0 unspecified atom stereocenters. The molecule has 1 aromatic rings. The van der Waals surface area contributed by atoms with Gasteiger partial charge in [0.1, 0.15) is 0 Å². The first kappa shape index (κ1) is 22.7. The SMILES string of the molecule is NC(=O)CN(CC(=O)O)Cc1ccc(CN(CC(N)=O)CC(=O)O)c(O)c1O. The van der Waals surface area contributed by atoms with Crippen LogP contribution in [-0.2, 0) is 32.3 Å². The molecule has 0 aromatic heterocycles. The smallest absolute Gasteiger partial charge is 0.317 e. The molecule has 0 aliphatic heterocycles. The number of nitrogens with zero attached hydrogens (tertiary/aromatic N) is 2. The Hall–Kier alpha value is -3.38. The number of primary amides is 2. The summed E-state index contributed by atoms with van der Waals surface area (Å²) in [5.41, 5.74) is 10.4. The van der Waals surface area contributed by atoms with Gasteiger partial charge in [-0.2, -0.15) is 0 Å². The molecule has 0 aliphatic carbocycles. The van der Waals surface area contributed by atoms with E-state index in [0.717, 1.165) is 9.80 Å². The lowest BCUT2D eigenvalue weighted by molar-refractivity contribution is -0.140. The number of hydrogen-bond donors (Lipinski definition) is 6.